The number of hydrogen-bond acceptors (Lipinski definition) is 6. The molecule has 74 valence electrons. The molecule has 0 bridgehead atoms. The summed E-state index contributed by atoms with van der Waals surface area (Å²) in [7, 11) is 2.51. The van der Waals surface area contributed by atoms with E-state index in [0.717, 1.165) is 0 Å². The fourth-order valence-corrected chi connectivity index (χ4v) is 0.141. The van der Waals surface area contributed by atoms with Crippen molar-refractivity contribution in [2.45, 2.75) is 6.10 Å². The molecule has 0 amide bonds. The van der Waals surface area contributed by atoms with Crippen molar-refractivity contribution in [3.8, 4) is 0 Å². The van der Waals surface area contributed by atoms with Crippen LogP contribution in [0.2, 0.25) is 0 Å². The highest BCUT2D eigenvalue weighted by molar-refractivity contribution is 5.59. The summed E-state index contributed by atoms with van der Waals surface area (Å²) in [5.41, 5.74) is 0. The SMILES string of the molecule is COC(=O)OC.OCC(O)CO. The molecule has 0 aromatic carbocycles. The molecule has 0 fully saturated rings. The van der Waals surface area contributed by atoms with Crippen molar-refractivity contribution in [1.82, 2.24) is 0 Å². The van der Waals surface area contributed by atoms with Crippen LogP contribution in [0.5, 0.6) is 0 Å². The van der Waals surface area contributed by atoms with Crippen LogP contribution in [0.1, 0.15) is 0 Å². The van der Waals surface area contributed by atoms with Crippen LogP contribution in [-0.2, 0) is 9.47 Å². The van der Waals surface area contributed by atoms with Gasteiger partial charge < -0.3 is 24.8 Å². The van der Waals surface area contributed by atoms with Gasteiger partial charge in [-0.2, -0.15) is 0 Å². The van der Waals surface area contributed by atoms with Crippen molar-refractivity contribution >= 4 is 6.16 Å². The monoisotopic (exact) mass is 182 g/mol. The van der Waals surface area contributed by atoms with E-state index in [9.17, 15) is 4.79 Å². The Labute approximate surface area is 70.3 Å². The van der Waals surface area contributed by atoms with Gasteiger partial charge in [0.05, 0.1) is 27.4 Å². The van der Waals surface area contributed by atoms with E-state index in [0.29, 0.717) is 0 Å². The number of hydrogen-bond donors (Lipinski definition) is 3. The number of aliphatic hydroxyl groups is 3. The molecule has 0 aromatic rings. The minimum atomic E-state index is -0.954. The average molecular weight is 182 g/mol. The van der Waals surface area contributed by atoms with Crippen LogP contribution in [0.25, 0.3) is 0 Å². The van der Waals surface area contributed by atoms with Gasteiger partial charge in [0.1, 0.15) is 6.10 Å². The summed E-state index contributed by atoms with van der Waals surface area (Å²) < 4.78 is 8.08. The molecule has 6 heteroatoms. The maximum Gasteiger partial charge on any atom is 0.507 e. The second-order valence-electron chi connectivity index (χ2n) is 1.68. The minimum absolute atomic E-state index is 0.365. The molecule has 3 N–H and O–H groups in total. The molecular weight excluding hydrogens is 168 g/mol. The molecule has 0 saturated carbocycles. The Kier molecular flexibility index (Phi) is 11.6. The van der Waals surface area contributed by atoms with Gasteiger partial charge in [-0.05, 0) is 0 Å². The number of carbonyl (C=O) groups is 1. The Morgan fingerprint density at radius 3 is 1.58 bits per heavy atom. The van der Waals surface area contributed by atoms with Crippen LogP contribution >= 0.6 is 0 Å². The zero-order valence-corrected chi connectivity index (χ0v) is 7.06. The topological polar surface area (TPSA) is 96.2 Å². The van der Waals surface area contributed by atoms with Gasteiger partial charge in [0.25, 0.3) is 0 Å². The molecule has 0 heterocycles. The molecule has 12 heavy (non-hydrogen) atoms. The van der Waals surface area contributed by atoms with Gasteiger partial charge in [-0.1, -0.05) is 0 Å². The summed E-state index contributed by atoms with van der Waals surface area (Å²) in [5.74, 6) is 0. The molecule has 0 aliphatic rings. The van der Waals surface area contributed by atoms with Crippen LogP contribution in [0.3, 0.4) is 0 Å². The summed E-state index contributed by atoms with van der Waals surface area (Å²) in [4.78, 5) is 9.74. The van der Waals surface area contributed by atoms with E-state index in [1.54, 1.807) is 0 Å². The highest BCUT2D eigenvalue weighted by Gasteiger charge is 1.93. The van der Waals surface area contributed by atoms with Crippen molar-refractivity contribution < 1.29 is 29.6 Å². The van der Waals surface area contributed by atoms with Gasteiger partial charge in [0, 0.05) is 0 Å². The summed E-state index contributed by atoms with van der Waals surface area (Å²) in [6.07, 6.45) is -1.61. The minimum Gasteiger partial charge on any atom is -0.438 e. The number of ether oxygens (including phenoxy) is 2. The third-order valence-electron chi connectivity index (χ3n) is 0.755. The molecule has 0 spiro atoms. The predicted octanol–water partition coefficient (Wildman–Crippen LogP) is -1.27. The standard InChI is InChI=1S/C3H6O3.C3H8O3/c1-5-3(4)6-2;4-1-3(6)2-5/h1-2H3;3-6H,1-2H2. The Morgan fingerprint density at radius 2 is 1.58 bits per heavy atom. The summed E-state index contributed by atoms with van der Waals surface area (Å²) in [5, 5.41) is 24.0. The summed E-state index contributed by atoms with van der Waals surface area (Å²) >= 11 is 0. The maximum absolute atomic E-state index is 9.74. The molecule has 0 aromatic heterocycles. The second kappa shape index (κ2) is 10.2. The number of rotatable bonds is 2. The maximum atomic E-state index is 9.74. The van der Waals surface area contributed by atoms with E-state index < -0.39 is 12.3 Å². The van der Waals surface area contributed by atoms with Crippen molar-refractivity contribution in [2.24, 2.45) is 0 Å². The molecule has 0 aliphatic carbocycles. The molecule has 0 aliphatic heterocycles. The first kappa shape index (κ1) is 13.7. The number of methoxy groups -OCH3 is 2. The lowest BCUT2D eigenvalue weighted by Gasteiger charge is -1.96. The molecule has 0 saturated heterocycles. The zero-order chi connectivity index (χ0) is 9.98. The Bertz CT molecular complexity index is 94.2. The van der Waals surface area contributed by atoms with E-state index in [1.807, 2.05) is 0 Å². The van der Waals surface area contributed by atoms with Gasteiger partial charge in [-0.3, -0.25) is 0 Å². The highest BCUT2D eigenvalue weighted by atomic mass is 16.7. The fourth-order valence-electron chi connectivity index (χ4n) is 0.141. The summed E-state index contributed by atoms with van der Waals surface area (Å²) in [6, 6.07) is 0. The zero-order valence-electron chi connectivity index (χ0n) is 7.06. The van der Waals surface area contributed by atoms with Crippen LogP contribution < -0.4 is 0 Å². The Hall–Kier alpha value is -0.850. The smallest absolute Gasteiger partial charge is 0.438 e. The van der Waals surface area contributed by atoms with Crippen LogP contribution in [0.4, 0.5) is 4.79 Å². The van der Waals surface area contributed by atoms with Crippen LogP contribution in [0.15, 0.2) is 0 Å². The molecule has 0 unspecified atom stereocenters. The van der Waals surface area contributed by atoms with Crippen LogP contribution in [0, 0.1) is 0 Å². The first-order valence-electron chi connectivity index (χ1n) is 3.14. The van der Waals surface area contributed by atoms with Gasteiger partial charge in [0.2, 0.25) is 0 Å². The fraction of sp³-hybridized carbons (Fsp3) is 0.833. The van der Waals surface area contributed by atoms with Gasteiger partial charge in [-0.25, -0.2) is 4.79 Å². The molecule has 0 atom stereocenters. The largest absolute Gasteiger partial charge is 0.507 e. The number of carbonyl (C=O) groups excluding carboxylic acids is 1. The third kappa shape index (κ3) is 11.9. The molecule has 0 radical (unpaired) electrons. The van der Waals surface area contributed by atoms with Gasteiger partial charge in [-0.15, -0.1) is 0 Å². The molecular formula is C6H14O6. The van der Waals surface area contributed by atoms with Crippen molar-refractivity contribution in [3.05, 3.63) is 0 Å². The molecule has 0 rings (SSSR count). The van der Waals surface area contributed by atoms with Gasteiger partial charge in [0.15, 0.2) is 0 Å². The van der Waals surface area contributed by atoms with Crippen molar-refractivity contribution in [1.29, 1.82) is 0 Å². The van der Waals surface area contributed by atoms with Gasteiger partial charge >= 0.3 is 6.16 Å². The molecule has 6 nitrogen and oxygen atoms in total. The highest BCUT2D eigenvalue weighted by Crippen LogP contribution is 1.72. The lowest BCUT2D eigenvalue weighted by atomic mass is 10.4. The Morgan fingerprint density at radius 1 is 1.25 bits per heavy atom. The van der Waals surface area contributed by atoms with E-state index in [4.69, 9.17) is 15.3 Å². The van der Waals surface area contributed by atoms with E-state index >= 15 is 0 Å². The van der Waals surface area contributed by atoms with E-state index in [2.05, 4.69) is 9.47 Å². The predicted molar refractivity (Wildman–Crippen MR) is 39.6 cm³/mol. The number of aliphatic hydroxyl groups excluding tert-OH is 3. The summed E-state index contributed by atoms with van der Waals surface area (Å²) in [6.45, 7) is -0.729. The lowest BCUT2D eigenvalue weighted by molar-refractivity contribution is 0.0450. The van der Waals surface area contributed by atoms with E-state index in [-0.39, 0.29) is 13.2 Å². The van der Waals surface area contributed by atoms with Crippen molar-refractivity contribution in [3.63, 3.8) is 0 Å². The first-order chi connectivity index (χ1) is 5.62. The van der Waals surface area contributed by atoms with Crippen molar-refractivity contribution in [2.75, 3.05) is 27.4 Å². The third-order valence-corrected chi connectivity index (χ3v) is 0.755. The average Bonchev–Trinajstić information content (AvgIpc) is 2.16. The Balaban J connectivity index is 0. The quantitative estimate of drug-likeness (QED) is 0.461. The van der Waals surface area contributed by atoms with E-state index in [1.165, 1.54) is 14.2 Å². The first-order valence-corrected chi connectivity index (χ1v) is 3.14. The van der Waals surface area contributed by atoms with Crippen LogP contribution in [-0.4, -0.2) is 55.0 Å². The normalized spacial score (nSPS) is 8.50. The second-order valence-corrected chi connectivity index (χ2v) is 1.68. The lowest BCUT2D eigenvalue weighted by Crippen LogP contribution is -2.15.